The fraction of sp³-hybridized carbons (Fsp3) is 0.100. The van der Waals surface area contributed by atoms with Crippen molar-refractivity contribution in [3.8, 4) is 0 Å². The largest absolute Gasteiger partial charge is 0.465 e. The number of benzene rings is 1. The fourth-order valence-electron chi connectivity index (χ4n) is 1.16. The zero-order chi connectivity index (χ0) is 10.8. The minimum Gasteiger partial charge on any atom is -0.465 e. The number of ether oxygens (including phenoxy) is 1. The zero-order valence-corrected chi connectivity index (χ0v) is 7.52. The topological polar surface area (TPSA) is 52.1 Å². The van der Waals surface area contributed by atoms with Gasteiger partial charge in [0.25, 0.3) is 0 Å². The van der Waals surface area contributed by atoms with E-state index in [-0.39, 0.29) is 6.17 Å². The molecule has 0 N–H and O–H groups in total. The molecule has 0 saturated heterocycles. The Kier molecular flexibility index (Phi) is 1.81. The molecular weight excluding hydrogens is 180 g/mol. The van der Waals surface area contributed by atoms with Crippen molar-refractivity contribution in [1.29, 1.82) is 0 Å². The predicted octanol–water partition coefficient (Wildman–Crippen LogP) is 1.42. The molecule has 4 heteroatoms. The molecule has 4 nitrogen and oxygen atoms in total. The van der Waals surface area contributed by atoms with Crippen LogP contribution in [0.3, 0.4) is 0 Å². The summed E-state index contributed by atoms with van der Waals surface area (Å²) < 4.78 is 11.9. The quantitative estimate of drug-likeness (QED) is 0.636. The molecule has 2 aromatic rings. The number of esters is 1. The van der Waals surface area contributed by atoms with Gasteiger partial charge in [0.1, 0.15) is 0 Å². The molecule has 0 aliphatic rings. The van der Waals surface area contributed by atoms with Gasteiger partial charge in [0, 0.05) is 12.4 Å². The minimum atomic E-state index is -0.409. The van der Waals surface area contributed by atoms with Gasteiger partial charge >= 0.3 is 5.97 Å². The van der Waals surface area contributed by atoms with Gasteiger partial charge in [-0.3, -0.25) is 9.97 Å². The van der Waals surface area contributed by atoms with Gasteiger partial charge in [-0.15, -0.1) is 0 Å². The Morgan fingerprint density at radius 3 is 3.07 bits per heavy atom. The number of aromatic nitrogens is 2. The molecule has 0 fully saturated rings. The van der Waals surface area contributed by atoms with E-state index in [1.807, 2.05) is 0 Å². The lowest BCUT2D eigenvalue weighted by Crippen LogP contribution is -2.00. The summed E-state index contributed by atoms with van der Waals surface area (Å²) >= 11 is 0. The van der Waals surface area contributed by atoms with Crippen molar-refractivity contribution in [2.45, 2.75) is 0 Å². The van der Waals surface area contributed by atoms with Crippen molar-refractivity contribution in [2.75, 3.05) is 7.11 Å². The van der Waals surface area contributed by atoms with Crippen molar-refractivity contribution >= 4 is 17.0 Å². The van der Waals surface area contributed by atoms with Crippen LogP contribution in [0.5, 0.6) is 0 Å². The molecule has 2 rings (SSSR count). The van der Waals surface area contributed by atoms with Crippen LogP contribution in [0.4, 0.5) is 0 Å². The number of rotatable bonds is 1. The van der Waals surface area contributed by atoms with Gasteiger partial charge in [-0.05, 0) is 18.2 Å². The fourth-order valence-corrected chi connectivity index (χ4v) is 1.16. The second-order valence-corrected chi connectivity index (χ2v) is 2.69. The zero-order valence-electron chi connectivity index (χ0n) is 8.52. The third kappa shape index (κ3) is 1.42. The van der Waals surface area contributed by atoms with Crippen molar-refractivity contribution < 1.29 is 10.9 Å². The summed E-state index contributed by atoms with van der Waals surface area (Å²) in [7, 11) is 1.32. The van der Waals surface area contributed by atoms with Gasteiger partial charge in [-0.25, -0.2) is 4.79 Å². The van der Waals surface area contributed by atoms with E-state index in [4.69, 9.17) is 1.37 Å². The van der Waals surface area contributed by atoms with Crippen molar-refractivity contribution in [1.82, 2.24) is 9.97 Å². The first kappa shape index (κ1) is 7.44. The highest BCUT2D eigenvalue weighted by atomic mass is 16.5. The summed E-state index contributed by atoms with van der Waals surface area (Å²) in [6, 6.07) is 4.84. The Hall–Kier alpha value is -1.97. The monoisotopic (exact) mass is 189 g/mol. The van der Waals surface area contributed by atoms with Crippen molar-refractivity contribution in [3.63, 3.8) is 0 Å². The maximum atomic E-state index is 11.2. The number of nitrogens with zero attached hydrogens (tertiary/aromatic N) is 2. The van der Waals surface area contributed by atoms with Gasteiger partial charge in [0.15, 0.2) is 0 Å². The van der Waals surface area contributed by atoms with Gasteiger partial charge in [0.2, 0.25) is 0 Å². The molecule has 14 heavy (non-hydrogen) atoms. The predicted molar refractivity (Wildman–Crippen MR) is 50.9 cm³/mol. The number of hydrogen-bond donors (Lipinski definition) is 0. The average molecular weight is 189 g/mol. The molecule has 1 aromatic carbocycles. The van der Waals surface area contributed by atoms with E-state index >= 15 is 0 Å². The molecule has 0 radical (unpaired) electrons. The summed E-state index contributed by atoms with van der Waals surface area (Å²) in [5, 5.41) is 0. The van der Waals surface area contributed by atoms with Gasteiger partial charge < -0.3 is 4.74 Å². The lowest BCUT2D eigenvalue weighted by molar-refractivity contribution is 0.0601. The normalized spacial score (nSPS) is 11.1. The van der Waals surface area contributed by atoms with E-state index in [0.29, 0.717) is 16.6 Å². The van der Waals surface area contributed by atoms with Crippen LogP contribution in [0.15, 0.2) is 30.6 Å². The van der Waals surface area contributed by atoms with E-state index in [0.717, 1.165) is 0 Å². The maximum Gasteiger partial charge on any atom is 0.337 e. The Morgan fingerprint density at radius 1 is 1.43 bits per heavy atom. The van der Waals surface area contributed by atoms with Crippen LogP contribution in [0.25, 0.3) is 11.0 Å². The van der Waals surface area contributed by atoms with Crippen LogP contribution in [0, 0.1) is 0 Å². The van der Waals surface area contributed by atoms with Crippen LogP contribution in [-0.4, -0.2) is 23.0 Å². The van der Waals surface area contributed by atoms with E-state index in [1.165, 1.54) is 13.3 Å². The summed E-state index contributed by atoms with van der Waals surface area (Å²) in [5.74, 6) is -0.409. The number of fused-ring (bicyclic) bond motifs is 1. The van der Waals surface area contributed by atoms with Crippen molar-refractivity contribution in [3.05, 3.63) is 36.1 Å². The Labute approximate surface area is 82.0 Å². The first-order chi connectivity index (χ1) is 7.20. The van der Waals surface area contributed by atoms with E-state index in [1.54, 1.807) is 18.2 Å². The third-order valence-electron chi connectivity index (χ3n) is 1.84. The van der Waals surface area contributed by atoms with Crippen LogP contribution >= 0.6 is 0 Å². The first-order valence-corrected chi connectivity index (χ1v) is 4.02. The number of carbonyl (C=O) groups excluding carboxylic acids is 1. The van der Waals surface area contributed by atoms with Gasteiger partial charge in [0.05, 0.1) is 25.1 Å². The van der Waals surface area contributed by atoms with Gasteiger partial charge in [-0.1, -0.05) is 0 Å². The third-order valence-corrected chi connectivity index (χ3v) is 1.84. The number of methoxy groups -OCH3 is 1. The molecule has 0 aliphatic heterocycles. The molecule has 0 spiro atoms. The lowest BCUT2D eigenvalue weighted by Gasteiger charge is -1.99. The molecule has 0 atom stereocenters. The summed E-state index contributed by atoms with van der Waals surface area (Å²) in [4.78, 5) is 19.2. The molecular formula is C10H8N2O2. The molecule has 0 amide bonds. The molecule has 1 heterocycles. The first-order valence-electron chi connectivity index (χ1n) is 4.52. The maximum absolute atomic E-state index is 11.2. The summed E-state index contributed by atoms with van der Waals surface area (Å²) in [5.41, 5.74) is 1.60. The van der Waals surface area contributed by atoms with Gasteiger partial charge in [-0.2, -0.15) is 0 Å². The standard InChI is InChI=1S/C10H8N2O2/c1-14-10(13)7-2-3-8-9(6-7)12-5-4-11-8/h2-6H,1H3/i4D. The summed E-state index contributed by atoms with van der Waals surface area (Å²) in [6.07, 6.45) is 1.44. The van der Waals surface area contributed by atoms with E-state index < -0.39 is 5.97 Å². The highest BCUT2D eigenvalue weighted by Crippen LogP contribution is 2.11. The highest BCUT2D eigenvalue weighted by molar-refractivity contribution is 5.93. The average Bonchev–Trinajstić information content (AvgIpc) is 2.27. The molecule has 0 unspecified atom stereocenters. The molecule has 0 bridgehead atoms. The SMILES string of the molecule is [2H]c1cnc2cc(C(=O)OC)ccc2n1. The smallest absolute Gasteiger partial charge is 0.337 e. The Bertz CT molecular complexity index is 528. The Balaban J connectivity index is 2.57. The Morgan fingerprint density at radius 2 is 2.29 bits per heavy atom. The molecule has 1 aromatic heterocycles. The van der Waals surface area contributed by atoms with Crippen LogP contribution in [0.1, 0.15) is 11.7 Å². The van der Waals surface area contributed by atoms with Crippen molar-refractivity contribution in [2.24, 2.45) is 0 Å². The molecule has 0 aliphatic carbocycles. The number of carbonyl (C=O) groups is 1. The molecule has 0 saturated carbocycles. The van der Waals surface area contributed by atoms with E-state index in [9.17, 15) is 4.79 Å². The lowest BCUT2D eigenvalue weighted by atomic mass is 10.2. The highest BCUT2D eigenvalue weighted by Gasteiger charge is 2.05. The van der Waals surface area contributed by atoms with Crippen LogP contribution in [0.2, 0.25) is 0 Å². The van der Waals surface area contributed by atoms with Crippen LogP contribution < -0.4 is 0 Å². The number of hydrogen-bond acceptors (Lipinski definition) is 4. The molecule has 70 valence electrons. The summed E-state index contributed by atoms with van der Waals surface area (Å²) in [6.45, 7) is 0. The second kappa shape index (κ2) is 3.41. The van der Waals surface area contributed by atoms with Crippen LogP contribution in [-0.2, 0) is 4.74 Å². The second-order valence-electron chi connectivity index (χ2n) is 2.69. The van der Waals surface area contributed by atoms with E-state index in [2.05, 4.69) is 14.7 Å². The minimum absolute atomic E-state index is 0.105.